The lowest BCUT2D eigenvalue weighted by Crippen LogP contribution is -2.40. The molecule has 0 aliphatic carbocycles. The number of carboxylic acids is 2. The molecule has 1 atom stereocenters. The van der Waals surface area contributed by atoms with Crippen molar-refractivity contribution in [3.05, 3.63) is 0 Å². The molecule has 1 unspecified atom stereocenters. The zero-order chi connectivity index (χ0) is 12.3. The SMILES string of the molecule is CCCC(CC(=O)O)(C(=O)O)P(=O)(O)O. The van der Waals surface area contributed by atoms with Gasteiger partial charge in [0.05, 0.1) is 6.42 Å². The number of carbonyl (C=O) groups is 2. The van der Waals surface area contributed by atoms with Gasteiger partial charge in [-0.3, -0.25) is 14.2 Å². The summed E-state index contributed by atoms with van der Waals surface area (Å²) in [6, 6.07) is 0. The Morgan fingerprint density at radius 1 is 1.27 bits per heavy atom. The second-order valence-corrected chi connectivity index (χ2v) is 5.15. The van der Waals surface area contributed by atoms with Gasteiger partial charge in [-0.15, -0.1) is 0 Å². The quantitative estimate of drug-likeness (QED) is 0.489. The Labute approximate surface area is 85.9 Å². The predicted octanol–water partition coefficient (Wildman–Crippen LogP) is 0.262. The van der Waals surface area contributed by atoms with Gasteiger partial charge in [0, 0.05) is 0 Å². The largest absolute Gasteiger partial charge is 0.481 e. The first kappa shape index (κ1) is 14.1. The summed E-state index contributed by atoms with van der Waals surface area (Å²) >= 11 is 0. The molecule has 0 aliphatic rings. The van der Waals surface area contributed by atoms with Crippen LogP contribution in [0.2, 0.25) is 0 Å². The Kier molecular flexibility index (Phi) is 4.45. The van der Waals surface area contributed by atoms with Crippen molar-refractivity contribution in [2.75, 3.05) is 0 Å². The van der Waals surface area contributed by atoms with Gasteiger partial charge in [0.1, 0.15) is 0 Å². The molecular formula is C7H13O7P. The van der Waals surface area contributed by atoms with E-state index in [0.29, 0.717) is 0 Å². The number of rotatable bonds is 6. The molecule has 0 aromatic carbocycles. The fourth-order valence-electron chi connectivity index (χ4n) is 1.31. The summed E-state index contributed by atoms with van der Waals surface area (Å²) in [5.74, 6) is -3.32. The van der Waals surface area contributed by atoms with E-state index in [1.807, 2.05) is 0 Å². The third-order valence-corrected chi connectivity index (χ3v) is 3.75. The van der Waals surface area contributed by atoms with Crippen LogP contribution in [0.25, 0.3) is 0 Å². The monoisotopic (exact) mass is 240 g/mol. The first-order valence-corrected chi connectivity index (χ1v) is 5.79. The molecule has 0 radical (unpaired) electrons. The minimum Gasteiger partial charge on any atom is -0.481 e. The summed E-state index contributed by atoms with van der Waals surface area (Å²) < 4.78 is 11.1. The molecule has 0 spiro atoms. The van der Waals surface area contributed by atoms with Crippen LogP contribution >= 0.6 is 7.60 Å². The summed E-state index contributed by atoms with van der Waals surface area (Å²) in [7, 11) is -5.01. The van der Waals surface area contributed by atoms with Gasteiger partial charge >= 0.3 is 19.5 Å². The standard InChI is InChI=1S/C7H13O7P/c1-2-3-7(6(10)11,4-5(8)9)15(12,13)14/h2-4H2,1H3,(H,8,9)(H,10,11)(H2,12,13,14). The van der Waals surface area contributed by atoms with E-state index in [9.17, 15) is 14.2 Å². The van der Waals surface area contributed by atoms with Crippen molar-refractivity contribution in [1.29, 1.82) is 0 Å². The number of aliphatic carboxylic acids is 2. The van der Waals surface area contributed by atoms with E-state index in [0.717, 1.165) is 0 Å². The van der Waals surface area contributed by atoms with Crippen LogP contribution < -0.4 is 0 Å². The minimum atomic E-state index is -5.01. The summed E-state index contributed by atoms with van der Waals surface area (Å²) in [4.78, 5) is 39.2. The van der Waals surface area contributed by atoms with Crippen molar-refractivity contribution >= 4 is 19.5 Å². The van der Waals surface area contributed by atoms with Gasteiger partial charge < -0.3 is 20.0 Å². The molecule has 15 heavy (non-hydrogen) atoms. The van der Waals surface area contributed by atoms with Crippen LogP contribution in [0.5, 0.6) is 0 Å². The van der Waals surface area contributed by atoms with Crippen LogP contribution in [0.15, 0.2) is 0 Å². The molecule has 0 fully saturated rings. The third kappa shape index (κ3) is 3.02. The molecule has 0 bridgehead atoms. The molecule has 0 aromatic heterocycles. The lowest BCUT2D eigenvalue weighted by molar-refractivity contribution is -0.147. The lowest BCUT2D eigenvalue weighted by atomic mass is 9.99. The smallest absolute Gasteiger partial charge is 0.343 e. The van der Waals surface area contributed by atoms with Gasteiger partial charge in [0.15, 0.2) is 5.16 Å². The maximum Gasteiger partial charge on any atom is 0.343 e. The second-order valence-electron chi connectivity index (χ2n) is 3.20. The second kappa shape index (κ2) is 4.74. The van der Waals surface area contributed by atoms with E-state index < -0.39 is 31.1 Å². The molecular weight excluding hydrogens is 227 g/mol. The Balaban J connectivity index is 5.37. The zero-order valence-corrected chi connectivity index (χ0v) is 8.98. The minimum absolute atomic E-state index is 0.171. The van der Waals surface area contributed by atoms with Gasteiger partial charge in [0.25, 0.3) is 0 Å². The first-order valence-electron chi connectivity index (χ1n) is 4.18. The topological polar surface area (TPSA) is 132 Å². The van der Waals surface area contributed by atoms with Crippen LogP contribution in [0.1, 0.15) is 26.2 Å². The van der Waals surface area contributed by atoms with Crippen molar-refractivity contribution in [2.45, 2.75) is 31.3 Å². The first-order chi connectivity index (χ1) is 6.67. The average Bonchev–Trinajstić information content (AvgIpc) is 1.99. The molecule has 0 saturated heterocycles. The Morgan fingerprint density at radius 3 is 1.93 bits per heavy atom. The Hall–Kier alpha value is -0.910. The highest BCUT2D eigenvalue weighted by atomic mass is 31.2. The van der Waals surface area contributed by atoms with Crippen molar-refractivity contribution in [3.8, 4) is 0 Å². The van der Waals surface area contributed by atoms with E-state index in [1.165, 1.54) is 6.92 Å². The van der Waals surface area contributed by atoms with Crippen LogP contribution in [0.3, 0.4) is 0 Å². The fraction of sp³-hybridized carbons (Fsp3) is 0.714. The Bertz CT molecular complexity index is 306. The van der Waals surface area contributed by atoms with Crippen molar-refractivity contribution in [1.82, 2.24) is 0 Å². The van der Waals surface area contributed by atoms with Crippen molar-refractivity contribution in [2.24, 2.45) is 0 Å². The summed E-state index contributed by atoms with van der Waals surface area (Å²) in [5.41, 5.74) is 0. The summed E-state index contributed by atoms with van der Waals surface area (Å²) in [6.07, 6.45) is -1.29. The van der Waals surface area contributed by atoms with Crippen molar-refractivity contribution in [3.63, 3.8) is 0 Å². The zero-order valence-electron chi connectivity index (χ0n) is 8.08. The molecule has 0 saturated carbocycles. The van der Waals surface area contributed by atoms with Crippen molar-refractivity contribution < 1.29 is 34.2 Å². The molecule has 0 amide bonds. The maximum absolute atomic E-state index is 11.1. The molecule has 0 rings (SSSR count). The molecule has 4 N–H and O–H groups in total. The normalized spacial score (nSPS) is 15.7. The van der Waals surface area contributed by atoms with Crippen LogP contribution in [-0.4, -0.2) is 37.1 Å². The molecule has 0 aliphatic heterocycles. The average molecular weight is 240 g/mol. The molecule has 8 heteroatoms. The summed E-state index contributed by atoms with van der Waals surface area (Å²) in [6.45, 7) is 1.52. The molecule has 0 aromatic rings. The van der Waals surface area contributed by atoms with E-state index >= 15 is 0 Å². The Morgan fingerprint density at radius 2 is 1.73 bits per heavy atom. The van der Waals surface area contributed by atoms with Gasteiger partial charge in [-0.25, -0.2) is 0 Å². The fourth-order valence-corrected chi connectivity index (χ4v) is 2.41. The van der Waals surface area contributed by atoms with Crippen LogP contribution in [0.4, 0.5) is 0 Å². The third-order valence-electron chi connectivity index (χ3n) is 2.06. The molecule has 0 heterocycles. The van der Waals surface area contributed by atoms with E-state index in [4.69, 9.17) is 20.0 Å². The van der Waals surface area contributed by atoms with Gasteiger partial charge in [-0.1, -0.05) is 13.3 Å². The maximum atomic E-state index is 11.1. The molecule has 7 nitrogen and oxygen atoms in total. The number of carboxylic acid groups (broad SMARTS) is 2. The van der Waals surface area contributed by atoms with E-state index in [-0.39, 0.29) is 12.8 Å². The van der Waals surface area contributed by atoms with E-state index in [2.05, 4.69) is 0 Å². The lowest BCUT2D eigenvalue weighted by Gasteiger charge is -2.27. The van der Waals surface area contributed by atoms with Gasteiger partial charge in [0.2, 0.25) is 0 Å². The predicted molar refractivity (Wildman–Crippen MR) is 49.6 cm³/mol. The van der Waals surface area contributed by atoms with Crippen LogP contribution in [0, 0.1) is 0 Å². The van der Waals surface area contributed by atoms with Gasteiger partial charge in [-0.2, -0.15) is 0 Å². The number of hydrogen-bond donors (Lipinski definition) is 4. The van der Waals surface area contributed by atoms with Crippen LogP contribution in [-0.2, 0) is 14.2 Å². The number of hydrogen-bond acceptors (Lipinski definition) is 3. The highest BCUT2D eigenvalue weighted by Crippen LogP contribution is 2.55. The highest BCUT2D eigenvalue weighted by Gasteiger charge is 2.54. The summed E-state index contributed by atoms with van der Waals surface area (Å²) in [5, 5.41) is 14.8. The highest BCUT2D eigenvalue weighted by molar-refractivity contribution is 7.54. The van der Waals surface area contributed by atoms with Gasteiger partial charge in [-0.05, 0) is 6.42 Å². The van der Waals surface area contributed by atoms with E-state index in [1.54, 1.807) is 0 Å². The molecule has 88 valence electrons.